The van der Waals surface area contributed by atoms with Crippen molar-refractivity contribution >= 4 is 17.3 Å². The molecule has 2 unspecified atom stereocenters. The third-order valence-corrected chi connectivity index (χ3v) is 2.96. The molecule has 0 amide bonds. The van der Waals surface area contributed by atoms with E-state index in [9.17, 15) is 0 Å². The van der Waals surface area contributed by atoms with E-state index in [4.69, 9.17) is 0 Å². The van der Waals surface area contributed by atoms with Crippen molar-refractivity contribution in [3.05, 3.63) is 0 Å². The zero-order chi connectivity index (χ0) is 6.27. The van der Waals surface area contributed by atoms with E-state index in [2.05, 4.69) is 16.9 Å². The molecule has 0 aromatic rings. The summed E-state index contributed by atoms with van der Waals surface area (Å²) in [7, 11) is 2.16. The lowest BCUT2D eigenvalue weighted by Gasteiger charge is -2.04. The second-order valence-electron chi connectivity index (χ2n) is 2.72. The van der Waals surface area contributed by atoms with Crippen LogP contribution in [0.1, 0.15) is 0 Å². The average Bonchev–Trinajstić information content (AvgIpc) is 2.22. The van der Waals surface area contributed by atoms with Gasteiger partial charge in [0.05, 0.1) is 11.6 Å². The zero-order valence-electron chi connectivity index (χ0n) is 5.45. The molecule has 50 valence electrons. The van der Waals surface area contributed by atoms with Crippen LogP contribution in [0.4, 0.5) is 0 Å². The van der Waals surface area contributed by atoms with Crippen molar-refractivity contribution in [2.75, 3.05) is 20.1 Å². The molecule has 0 aliphatic carbocycles. The molecule has 2 atom stereocenters. The molecular formula is C6H10N2S. The predicted octanol–water partition coefficient (Wildman–Crippen LogP) is 0.444. The Balaban J connectivity index is 2.08. The molecule has 0 aromatic carbocycles. The van der Waals surface area contributed by atoms with Gasteiger partial charge in [0.1, 0.15) is 0 Å². The van der Waals surface area contributed by atoms with Crippen molar-refractivity contribution in [2.45, 2.75) is 11.3 Å². The largest absolute Gasteiger partial charge is 0.303 e. The fraction of sp³-hybridized carbons (Fsp3) is 0.833. The van der Waals surface area contributed by atoms with Gasteiger partial charge in [-0.15, -0.1) is 11.8 Å². The third kappa shape index (κ3) is 0.883. The van der Waals surface area contributed by atoms with Crippen LogP contribution in [0.15, 0.2) is 4.99 Å². The van der Waals surface area contributed by atoms with Gasteiger partial charge >= 0.3 is 0 Å². The zero-order valence-corrected chi connectivity index (χ0v) is 6.27. The van der Waals surface area contributed by atoms with Crippen molar-refractivity contribution in [1.29, 1.82) is 0 Å². The number of likely N-dealkylation sites (tertiary alicyclic amines) is 1. The Hall–Kier alpha value is -0.0200. The molecule has 1 fully saturated rings. The lowest BCUT2D eigenvalue weighted by molar-refractivity contribution is 0.412. The molecule has 2 aliphatic rings. The van der Waals surface area contributed by atoms with Crippen molar-refractivity contribution in [3.8, 4) is 0 Å². The Kier molecular flexibility index (Phi) is 1.27. The van der Waals surface area contributed by atoms with Crippen molar-refractivity contribution in [2.24, 2.45) is 4.99 Å². The van der Waals surface area contributed by atoms with Crippen LogP contribution in [-0.4, -0.2) is 41.9 Å². The molecule has 0 aromatic heterocycles. The van der Waals surface area contributed by atoms with E-state index in [0.717, 1.165) is 11.8 Å². The first-order valence-corrected chi connectivity index (χ1v) is 4.16. The predicted molar refractivity (Wildman–Crippen MR) is 41.2 cm³/mol. The lowest BCUT2D eigenvalue weighted by atomic mass is 10.3. The monoisotopic (exact) mass is 142 g/mol. The molecule has 2 heterocycles. The molecule has 0 N–H and O–H groups in total. The van der Waals surface area contributed by atoms with Gasteiger partial charge in [0.25, 0.3) is 0 Å². The summed E-state index contributed by atoms with van der Waals surface area (Å²) >= 11 is 1.88. The summed E-state index contributed by atoms with van der Waals surface area (Å²) < 4.78 is 0. The fourth-order valence-corrected chi connectivity index (χ4v) is 2.47. The van der Waals surface area contributed by atoms with Gasteiger partial charge in [-0.3, -0.25) is 4.99 Å². The topological polar surface area (TPSA) is 15.6 Å². The fourth-order valence-electron chi connectivity index (χ4n) is 1.41. The van der Waals surface area contributed by atoms with Crippen LogP contribution in [0.25, 0.3) is 0 Å². The standard InChI is InChI=1S/C6H10N2S/c1-8-2-5-6(3-8)9-4-7-5/h4-6H,2-3H2,1H3. The minimum Gasteiger partial charge on any atom is -0.303 e. The number of likely N-dealkylation sites (N-methyl/N-ethyl adjacent to an activating group) is 1. The summed E-state index contributed by atoms with van der Waals surface area (Å²) in [6.45, 7) is 2.38. The molecule has 9 heavy (non-hydrogen) atoms. The number of hydrogen-bond acceptors (Lipinski definition) is 3. The van der Waals surface area contributed by atoms with Gasteiger partial charge in [-0.2, -0.15) is 0 Å². The number of thioether (sulfide) groups is 1. The lowest BCUT2D eigenvalue weighted by Crippen LogP contribution is -2.15. The van der Waals surface area contributed by atoms with Gasteiger partial charge in [0.2, 0.25) is 0 Å². The smallest absolute Gasteiger partial charge is 0.0767 e. The number of fused-ring (bicyclic) bond motifs is 1. The molecule has 0 bridgehead atoms. The van der Waals surface area contributed by atoms with E-state index in [1.165, 1.54) is 6.54 Å². The Morgan fingerprint density at radius 1 is 1.67 bits per heavy atom. The van der Waals surface area contributed by atoms with E-state index in [0.29, 0.717) is 6.04 Å². The maximum atomic E-state index is 4.34. The second kappa shape index (κ2) is 1.99. The molecule has 3 heteroatoms. The van der Waals surface area contributed by atoms with Gasteiger partial charge in [0.15, 0.2) is 0 Å². The number of rotatable bonds is 0. The van der Waals surface area contributed by atoms with Gasteiger partial charge in [-0.25, -0.2) is 0 Å². The first-order valence-electron chi connectivity index (χ1n) is 3.22. The normalized spacial score (nSPS) is 41.9. The van der Waals surface area contributed by atoms with Gasteiger partial charge in [0, 0.05) is 18.3 Å². The molecular weight excluding hydrogens is 132 g/mol. The highest BCUT2D eigenvalue weighted by Crippen LogP contribution is 2.27. The number of hydrogen-bond donors (Lipinski definition) is 0. The molecule has 2 aliphatic heterocycles. The number of nitrogens with zero attached hydrogens (tertiary/aromatic N) is 2. The Morgan fingerprint density at radius 3 is 3.33 bits per heavy atom. The highest BCUT2D eigenvalue weighted by molar-refractivity contribution is 8.13. The van der Waals surface area contributed by atoms with Crippen LogP contribution in [0.5, 0.6) is 0 Å². The summed E-state index contributed by atoms with van der Waals surface area (Å²) in [6, 6.07) is 0.611. The summed E-state index contributed by atoms with van der Waals surface area (Å²) in [6.07, 6.45) is 0. The van der Waals surface area contributed by atoms with Crippen LogP contribution >= 0.6 is 11.8 Å². The highest BCUT2D eigenvalue weighted by atomic mass is 32.2. The number of aliphatic imine (C=N–C) groups is 1. The van der Waals surface area contributed by atoms with E-state index < -0.39 is 0 Å². The Morgan fingerprint density at radius 2 is 2.56 bits per heavy atom. The highest BCUT2D eigenvalue weighted by Gasteiger charge is 2.32. The summed E-state index contributed by atoms with van der Waals surface area (Å²) in [5, 5.41) is 0.773. The third-order valence-electron chi connectivity index (χ3n) is 1.91. The summed E-state index contributed by atoms with van der Waals surface area (Å²) in [5.74, 6) is 0. The molecule has 0 saturated carbocycles. The van der Waals surface area contributed by atoms with Crippen LogP contribution in [-0.2, 0) is 0 Å². The second-order valence-corrected chi connectivity index (χ2v) is 3.81. The van der Waals surface area contributed by atoms with E-state index in [-0.39, 0.29) is 0 Å². The summed E-state index contributed by atoms with van der Waals surface area (Å²) in [4.78, 5) is 6.69. The van der Waals surface area contributed by atoms with Gasteiger partial charge in [-0.05, 0) is 7.05 Å². The maximum absolute atomic E-state index is 4.34. The van der Waals surface area contributed by atoms with Crippen molar-refractivity contribution in [3.63, 3.8) is 0 Å². The Bertz CT molecular complexity index is 146. The maximum Gasteiger partial charge on any atom is 0.0767 e. The van der Waals surface area contributed by atoms with Crippen LogP contribution < -0.4 is 0 Å². The SMILES string of the molecule is CN1CC2N=CSC2C1. The van der Waals surface area contributed by atoms with Crippen molar-refractivity contribution < 1.29 is 0 Å². The summed E-state index contributed by atoms with van der Waals surface area (Å²) in [5.41, 5.74) is 2.00. The quantitative estimate of drug-likeness (QED) is 0.488. The molecule has 0 radical (unpaired) electrons. The van der Waals surface area contributed by atoms with Gasteiger partial charge < -0.3 is 4.90 Å². The molecule has 2 rings (SSSR count). The first-order chi connectivity index (χ1) is 4.36. The van der Waals surface area contributed by atoms with Crippen molar-refractivity contribution in [1.82, 2.24) is 4.90 Å². The molecule has 1 saturated heterocycles. The van der Waals surface area contributed by atoms with Crippen LogP contribution in [0.3, 0.4) is 0 Å². The van der Waals surface area contributed by atoms with Crippen LogP contribution in [0, 0.1) is 0 Å². The minimum absolute atomic E-state index is 0.611. The van der Waals surface area contributed by atoms with E-state index in [1.807, 2.05) is 17.3 Å². The van der Waals surface area contributed by atoms with E-state index >= 15 is 0 Å². The van der Waals surface area contributed by atoms with E-state index in [1.54, 1.807) is 0 Å². The van der Waals surface area contributed by atoms with Gasteiger partial charge in [-0.1, -0.05) is 0 Å². The average molecular weight is 142 g/mol. The van der Waals surface area contributed by atoms with Crippen LogP contribution in [0.2, 0.25) is 0 Å². The molecule has 0 spiro atoms. The molecule has 2 nitrogen and oxygen atoms in total. The first kappa shape index (κ1) is 5.74. The Labute approximate surface area is 59.3 Å². The minimum atomic E-state index is 0.611.